The Balaban J connectivity index is 1.85. The van der Waals surface area contributed by atoms with Gasteiger partial charge >= 0.3 is 0 Å². The molecule has 0 bridgehead atoms. The third-order valence-corrected chi connectivity index (χ3v) is 5.50. The largest absolute Gasteiger partial charge is 0.358 e. The van der Waals surface area contributed by atoms with Crippen LogP contribution in [0.3, 0.4) is 0 Å². The maximum atomic E-state index is 11.9. The summed E-state index contributed by atoms with van der Waals surface area (Å²) >= 11 is 0. The highest BCUT2D eigenvalue weighted by atomic mass is 16.6. The highest BCUT2D eigenvalue weighted by molar-refractivity contribution is 5.56. The number of benzene rings is 4. The highest BCUT2D eigenvalue weighted by Crippen LogP contribution is 2.55. The van der Waals surface area contributed by atoms with Crippen molar-refractivity contribution in [3.63, 3.8) is 0 Å². The van der Waals surface area contributed by atoms with Gasteiger partial charge in [-0.2, -0.15) is 0 Å². The minimum atomic E-state index is -1.54. The van der Waals surface area contributed by atoms with Gasteiger partial charge in [-0.1, -0.05) is 115 Å². The molecule has 1 atom stereocenters. The van der Waals surface area contributed by atoms with Gasteiger partial charge in [0.15, 0.2) is 0 Å². The summed E-state index contributed by atoms with van der Waals surface area (Å²) in [7, 11) is 0. The lowest BCUT2D eigenvalue weighted by atomic mass is 9.79. The number of ether oxygens (including phenoxy) is 1. The van der Waals surface area contributed by atoms with Crippen molar-refractivity contribution in [2.75, 3.05) is 0 Å². The highest BCUT2D eigenvalue weighted by Gasteiger charge is 2.55. The summed E-state index contributed by atoms with van der Waals surface area (Å²) < 4.78 is 6.72. The molecule has 1 heterocycles. The fourth-order valence-corrected chi connectivity index (χ4v) is 4.24. The molecule has 0 aromatic heterocycles. The second kappa shape index (κ2) is 6.45. The summed E-state index contributed by atoms with van der Waals surface area (Å²) in [6.07, 6.45) is 0. The molecular weight excluding hydrogens is 344 g/mol. The van der Waals surface area contributed by atoms with Crippen LogP contribution in [-0.2, 0) is 16.1 Å². The van der Waals surface area contributed by atoms with Crippen molar-refractivity contribution in [1.29, 1.82) is 0 Å². The van der Waals surface area contributed by atoms with E-state index in [-0.39, 0.29) is 0 Å². The lowest BCUT2D eigenvalue weighted by molar-refractivity contribution is -0.208. The Labute approximate surface area is 164 Å². The first-order chi connectivity index (χ1) is 13.7. The van der Waals surface area contributed by atoms with E-state index < -0.39 is 11.4 Å². The van der Waals surface area contributed by atoms with Crippen LogP contribution < -0.4 is 0 Å². The molecule has 4 aromatic rings. The van der Waals surface area contributed by atoms with Crippen LogP contribution in [0.2, 0.25) is 0 Å². The first-order valence-electron chi connectivity index (χ1n) is 9.44. The maximum absolute atomic E-state index is 11.9. The Hall–Kier alpha value is -3.20. The topological polar surface area (TPSA) is 29.5 Å². The first-order valence-corrected chi connectivity index (χ1v) is 9.44. The van der Waals surface area contributed by atoms with E-state index in [2.05, 4.69) is 30.3 Å². The number of rotatable bonds is 3. The van der Waals surface area contributed by atoms with Crippen LogP contribution in [0.1, 0.15) is 27.8 Å². The molecule has 1 aliphatic heterocycles. The zero-order valence-corrected chi connectivity index (χ0v) is 15.3. The van der Waals surface area contributed by atoms with Crippen LogP contribution in [0.15, 0.2) is 115 Å². The molecule has 0 radical (unpaired) electrons. The van der Waals surface area contributed by atoms with Crippen molar-refractivity contribution >= 4 is 0 Å². The molecule has 2 heteroatoms. The normalized spacial score (nSPS) is 19.9. The standard InChI is InChI=1S/C26H20O2/c27-26(22-16-8-3-9-17-22)24-19-11-10-18-23(24)25(28-26,20-12-4-1-5-13-20)21-14-6-2-7-15-21/h1-19,27H. The minimum absolute atomic E-state index is 0.719. The molecule has 0 saturated carbocycles. The fraction of sp³-hybridized carbons (Fsp3) is 0.0769. The second-order valence-electron chi connectivity index (χ2n) is 7.07. The Morgan fingerprint density at radius 3 is 1.36 bits per heavy atom. The second-order valence-corrected chi connectivity index (χ2v) is 7.07. The van der Waals surface area contributed by atoms with E-state index in [1.807, 2.05) is 84.9 Å². The number of hydrogen-bond acceptors (Lipinski definition) is 2. The molecule has 1 N–H and O–H groups in total. The van der Waals surface area contributed by atoms with Crippen molar-refractivity contribution in [1.82, 2.24) is 0 Å². The van der Waals surface area contributed by atoms with E-state index in [0.717, 1.165) is 27.8 Å². The Kier molecular flexibility index (Phi) is 3.90. The third kappa shape index (κ3) is 2.36. The van der Waals surface area contributed by atoms with E-state index in [1.165, 1.54) is 0 Å². The van der Waals surface area contributed by atoms with Gasteiger partial charge in [0.1, 0.15) is 5.60 Å². The molecule has 1 unspecified atom stereocenters. The predicted molar refractivity (Wildman–Crippen MR) is 110 cm³/mol. The summed E-state index contributed by atoms with van der Waals surface area (Å²) in [6, 6.07) is 37.8. The zero-order chi connectivity index (χ0) is 19.0. The average Bonchev–Trinajstić information content (AvgIpc) is 3.07. The fourth-order valence-electron chi connectivity index (χ4n) is 4.24. The Morgan fingerprint density at radius 2 is 0.857 bits per heavy atom. The van der Waals surface area contributed by atoms with E-state index in [1.54, 1.807) is 0 Å². The number of aliphatic hydroxyl groups is 1. The number of fused-ring (bicyclic) bond motifs is 1. The quantitative estimate of drug-likeness (QED) is 0.541. The molecule has 0 aliphatic carbocycles. The third-order valence-electron chi connectivity index (χ3n) is 5.50. The van der Waals surface area contributed by atoms with Crippen molar-refractivity contribution in [3.8, 4) is 0 Å². The van der Waals surface area contributed by atoms with Crippen molar-refractivity contribution in [2.24, 2.45) is 0 Å². The molecule has 4 aromatic carbocycles. The van der Waals surface area contributed by atoms with Gasteiger partial charge < -0.3 is 9.84 Å². The minimum Gasteiger partial charge on any atom is -0.358 e. The lowest BCUT2D eigenvalue weighted by Crippen LogP contribution is -2.35. The van der Waals surface area contributed by atoms with Gasteiger partial charge in [-0.3, -0.25) is 0 Å². The van der Waals surface area contributed by atoms with Gasteiger partial charge in [0, 0.05) is 16.7 Å². The molecule has 2 nitrogen and oxygen atoms in total. The average molecular weight is 364 g/mol. The zero-order valence-electron chi connectivity index (χ0n) is 15.3. The molecule has 136 valence electrons. The van der Waals surface area contributed by atoms with Gasteiger partial charge in [0.2, 0.25) is 5.79 Å². The first kappa shape index (κ1) is 16.9. The molecule has 0 amide bonds. The van der Waals surface area contributed by atoms with Crippen molar-refractivity contribution in [3.05, 3.63) is 143 Å². The van der Waals surface area contributed by atoms with Gasteiger partial charge in [0.25, 0.3) is 0 Å². The summed E-state index contributed by atoms with van der Waals surface area (Å²) in [5.74, 6) is -1.54. The summed E-state index contributed by atoms with van der Waals surface area (Å²) in [4.78, 5) is 0. The van der Waals surface area contributed by atoms with Crippen LogP contribution in [0.5, 0.6) is 0 Å². The van der Waals surface area contributed by atoms with Crippen molar-refractivity contribution < 1.29 is 9.84 Å². The van der Waals surface area contributed by atoms with Gasteiger partial charge in [-0.25, -0.2) is 0 Å². The van der Waals surface area contributed by atoms with E-state index >= 15 is 0 Å². The molecule has 1 aliphatic rings. The van der Waals surface area contributed by atoms with Crippen LogP contribution in [0.25, 0.3) is 0 Å². The van der Waals surface area contributed by atoms with E-state index in [9.17, 15) is 5.11 Å². The summed E-state index contributed by atoms with van der Waals surface area (Å²) in [6.45, 7) is 0. The van der Waals surface area contributed by atoms with Crippen molar-refractivity contribution in [2.45, 2.75) is 11.4 Å². The summed E-state index contributed by atoms with van der Waals surface area (Å²) in [5, 5.41) is 11.9. The van der Waals surface area contributed by atoms with Crippen LogP contribution in [-0.4, -0.2) is 5.11 Å². The van der Waals surface area contributed by atoms with Gasteiger partial charge in [-0.05, 0) is 11.1 Å². The summed E-state index contributed by atoms with van der Waals surface area (Å²) in [5.41, 5.74) is 3.52. The monoisotopic (exact) mass is 364 g/mol. The van der Waals surface area contributed by atoms with Gasteiger partial charge in [-0.15, -0.1) is 0 Å². The molecule has 0 spiro atoms. The molecule has 0 fully saturated rings. The molecular formula is C26H20O2. The van der Waals surface area contributed by atoms with E-state index in [0.29, 0.717) is 0 Å². The Morgan fingerprint density at radius 1 is 0.464 bits per heavy atom. The van der Waals surface area contributed by atoms with Crippen LogP contribution in [0.4, 0.5) is 0 Å². The molecule has 28 heavy (non-hydrogen) atoms. The maximum Gasteiger partial charge on any atom is 0.221 e. The lowest BCUT2D eigenvalue weighted by Gasteiger charge is -2.34. The SMILES string of the molecule is OC1(c2ccccc2)OC(c2ccccc2)(c2ccccc2)c2ccccc21. The predicted octanol–water partition coefficient (Wildman–Crippen LogP) is 5.20. The van der Waals surface area contributed by atoms with Crippen LogP contribution >= 0.6 is 0 Å². The number of hydrogen-bond donors (Lipinski definition) is 1. The van der Waals surface area contributed by atoms with Crippen LogP contribution in [0, 0.1) is 0 Å². The molecule has 5 rings (SSSR count). The molecule has 0 saturated heterocycles. The smallest absolute Gasteiger partial charge is 0.221 e. The van der Waals surface area contributed by atoms with Gasteiger partial charge in [0.05, 0.1) is 0 Å². The Bertz CT molecular complexity index is 1050. The van der Waals surface area contributed by atoms with E-state index in [4.69, 9.17) is 4.74 Å².